The van der Waals surface area contributed by atoms with Gasteiger partial charge in [0, 0.05) is 21.9 Å². The van der Waals surface area contributed by atoms with Crippen molar-refractivity contribution in [1.29, 1.82) is 5.26 Å². The molecule has 4 rings (SSSR count). The number of fused-ring (bicyclic) bond motifs is 2. The first kappa shape index (κ1) is 13.7. The van der Waals surface area contributed by atoms with Crippen molar-refractivity contribution < 1.29 is 0 Å². The van der Waals surface area contributed by atoms with Gasteiger partial charge in [0.25, 0.3) is 0 Å². The summed E-state index contributed by atoms with van der Waals surface area (Å²) in [6.45, 7) is 0. The van der Waals surface area contributed by atoms with Crippen LogP contribution in [0.15, 0.2) is 76.8 Å². The summed E-state index contributed by atoms with van der Waals surface area (Å²) in [4.78, 5) is 10.2. The maximum Gasteiger partial charge on any atom is 0.121 e. The topological polar surface area (TPSA) is 49.6 Å². The molecule has 0 radical (unpaired) electrons. The molecule has 0 aliphatic heterocycles. The molecule has 0 unspecified atom stereocenters. The molecule has 0 aliphatic carbocycles. The van der Waals surface area contributed by atoms with Gasteiger partial charge in [-0.05, 0) is 24.3 Å². The molecule has 4 aromatic rings. The van der Waals surface area contributed by atoms with Crippen molar-refractivity contribution in [3.8, 4) is 6.07 Å². The third kappa shape index (κ3) is 2.52. The molecule has 3 nitrogen and oxygen atoms in total. The van der Waals surface area contributed by atoms with Gasteiger partial charge in [0.05, 0.1) is 11.0 Å². The first-order valence-corrected chi connectivity index (χ1v) is 7.98. The fraction of sp³-hybridized carbons (Fsp3) is 0. The number of rotatable bonds is 2. The largest absolute Gasteiger partial charge is 0.247 e. The minimum Gasteiger partial charge on any atom is -0.247 e. The van der Waals surface area contributed by atoms with Gasteiger partial charge in [0.1, 0.15) is 16.7 Å². The Morgan fingerprint density at radius 2 is 1.70 bits per heavy atom. The second-order valence-corrected chi connectivity index (χ2v) is 6.15. The number of nitriles is 1. The van der Waals surface area contributed by atoms with Crippen LogP contribution in [0, 0.1) is 11.3 Å². The predicted octanol–water partition coefficient (Wildman–Crippen LogP) is 4.81. The number of hydrogen-bond acceptors (Lipinski definition) is 4. The summed E-state index contributed by atoms with van der Waals surface area (Å²) in [5, 5.41) is 12.2. The van der Waals surface area contributed by atoms with Gasteiger partial charge in [0.2, 0.25) is 0 Å². The van der Waals surface area contributed by atoms with Crippen LogP contribution >= 0.6 is 11.8 Å². The van der Waals surface area contributed by atoms with Crippen molar-refractivity contribution >= 4 is 33.6 Å². The average molecular weight is 313 g/mol. The zero-order valence-electron chi connectivity index (χ0n) is 12.1. The van der Waals surface area contributed by atoms with E-state index in [2.05, 4.69) is 16.0 Å². The van der Waals surface area contributed by atoms with E-state index in [9.17, 15) is 5.26 Å². The molecule has 108 valence electrons. The molecular weight excluding hydrogens is 302 g/mol. The van der Waals surface area contributed by atoms with E-state index in [-0.39, 0.29) is 0 Å². The Hall–Kier alpha value is -2.90. The molecule has 23 heavy (non-hydrogen) atoms. The molecule has 0 saturated heterocycles. The summed E-state index contributed by atoms with van der Waals surface area (Å²) in [7, 11) is 0. The second-order valence-electron chi connectivity index (χ2n) is 5.08. The van der Waals surface area contributed by atoms with Crippen LogP contribution in [0.5, 0.6) is 0 Å². The molecule has 2 aromatic heterocycles. The number of benzene rings is 2. The van der Waals surface area contributed by atoms with Crippen molar-refractivity contribution in [2.75, 3.05) is 0 Å². The van der Waals surface area contributed by atoms with Gasteiger partial charge in [-0.2, -0.15) is 5.26 Å². The molecule has 0 fully saturated rings. The van der Waals surface area contributed by atoms with Crippen LogP contribution in [0.4, 0.5) is 0 Å². The van der Waals surface area contributed by atoms with Crippen LogP contribution in [0.25, 0.3) is 21.8 Å². The maximum atomic E-state index is 9.62. The highest BCUT2D eigenvalue weighted by Crippen LogP contribution is 2.32. The van der Waals surface area contributed by atoms with E-state index >= 15 is 0 Å². The molecule has 0 amide bonds. The molecule has 4 heteroatoms. The monoisotopic (exact) mass is 313 g/mol. The Kier molecular flexibility index (Phi) is 3.41. The third-order valence-corrected chi connectivity index (χ3v) is 4.61. The van der Waals surface area contributed by atoms with Crippen molar-refractivity contribution in [3.63, 3.8) is 0 Å². The van der Waals surface area contributed by atoms with Crippen LogP contribution in [0.2, 0.25) is 0 Å². The standard InChI is InChI=1S/C19H11N3S/c20-11-16-18-14(10-13-6-4-5-9-17(13)22-18)12-21-19(16)23-15-7-2-1-3-8-15/h1-10,12H. The quantitative estimate of drug-likeness (QED) is 0.498. The Bertz CT molecular complexity index is 1050. The van der Waals surface area contributed by atoms with Crippen molar-refractivity contribution in [3.05, 3.63) is 72.4 Å². The van der Waals surface area contributed by atoms with Gasteiger partial charge >= 0.3 is 0 Å². The molecule has 0 atom stereocenters. The lowest BCUT2D eigenvalue weighted by atomic mass is 10.1. The summed E-state index contributed by atoms with van der Waals surface area (Å²) in [6, 6.07) is 22.1. The van der Waals surface area contributed by atoms with Gasteiger partial charge in [0.15, 0.2) is 0 Å². The first-order chi connectivity index (χ1) is 11.3. The number of aromatic nitrogens is 2. The zero-order valence-corrected chi connectivity index (χ0v) is 12.9. The van der Waals surface area contributed by atoms with E-state index in [4.69, 9.17) is 0 Å². The van der Waals surface area contributed by atoms with E-state index in [1.54, 1.807) is 6.20 Å². The normalized spacial score (nSPS) is 10.7. The summed E-state index contributed by atoms with van der Waals surface area (Å²) < 4.78 is 0. The van der Waals surface area contributed by atoms with Crippen molar-refractivity contribution in [2.45, 2.75) is 9.92 Å². The minimum absolute atomic E-state index is 0.530. The lowest BCUT2D eigenvalue weighted by Gasteiger charge is -2.07. The zero-order chi connectivity index (χ0) is 15.6. The molecule has 0 bridgehead atoms. The highest BCUT2D eigenvalue weighted by molar-refractivity contribution is 7.99. The van der Waals surface area contributed by atoms with Gasteiger partial charge in [-0.25, -0.2) is 9.97 Å². The third-order valence-electron chi connectivity index (χ3n) is 3.59. The Morgan fingerprint density at radius 1 is 0.913 bits per heavy atom. The second kappa shape index (κ2) is 5.71. The average Bonchev–Trinajstić information content (AvgIpc) is 2.61. The minimum atomic E-state index is 0.530. The van der Waals surface area contributed by atoms with E-state index in [0.29, 0.717) is 16.1 Å². The summed E-state index contributed by atoms with van der Waals surface area (Å²) in [5.41, 5.74) is 2.13. The van der Waals surface area contributed by atoms with Gasteiger partial charge in [-0.1, -0.05) is 48.2 Å². The first-order valence-electron chi connectivity index (χ1n) is 7.16. The Labute approximate surface area is 137 Å². The van der Waals surface area contributed by atoms with Crippen LogP contribution < -0.4 is 0 Å². The van der Waals surface area contributed by atoms with Gasteiger partial charge in [-0.15, -0.1) is 0 Å². The summed E-state index contributed by atoms with van der Waals surface area (Å²) in [6.07, 6.45) is 1.79. The molecule has 0 spiro atoms. The van der Waals surface area contributed by atoms with E-state index in [1.807, 2.05) is 60.7 Å². The lowest BCUT2D eigenvalue weighted by molar-refractivity contribution is 1.13. The lowest BCUT2D eigenvalue weighted by Crippen LogP contribution is -1.92. The molecule has 2 aromatic carbocycles. The van der Waals surface area contributed by atoms with E-state index in [1.165, 1.54) is 11.8 Å². The Morgan fingerprint density at radius 3 is 2.52 bits per heavy atom. The highest BCUT2D eigenvalue weighted by atomic mass is 32.2. The number of nitrogens with zero attached hydrogens (tertiary/aromatic N) is 3. The van der Waals surface area contributed by atoms with Gasteiger partial charge < -0.3 is 0 Å². The molecule has 0 saturated carbocycles. The molecule has 0 N–H and O–H groups in total. The molecule has 2 heterocycles. The van der Waals surface area contributed by atoms with Crippen molar-refractivity contribution in [1.82, 2.24) is 9.97 Å². The highest BCUT2D eigenvalue weighted by Gasteiger charge is 2.12. The number of pyridine rings is 2. The van der Waals surface area contributed by atoms with Crippen LogP contribution in [0.3, 0.4) is 0 Å². The predicted molar refractivity (Wildman–Crippen MR) is 92.3 cm³/mol. The van der Waals surface area contributed by atoms with Crippen LogP contribution in [-0.4, -0.2) is 9.97 Å². The van der Waals surface area contributed by atoms with E-state index < -0.39 is 0 Å². The summed E-state index contributed by atoms with van der Waals surface area (Å²) in [5.74, 6) is 0. The van der Waals surface area contributed by atoms with Gasteiger partial charge in [-0.3, -0.25) is 0 Å². The fourth-order valence-corrected chi connectivity index (χ4v) is 3.37. The van der Waals surface area contributed by atoms with Crippen molar-refractivity contribution in [2.24, 2.45) is 0 Å². The molecular formula is C19H11N3S. The maximum absolute atomic E-state index is 9.62. The number of hydrogen-bond donors (Lipinski definition) is 0. The van der Waals surface area contributed by atoms with E-state index in [0.717, 1.165) is 21.2 Å². The smallest absolute Gasteiger partial charge is 0.121 e. The SMILES string of the molecule is N#Cc1c(Sc2ccccc2)ncc2cc3ccccc3nc12. The summed E-state index contributed by atoms with van der Waals surface area (Å²) >= 11 is 1.49. The van der Waals surface area contributed by atoms with Crippen LogP contribution in [0.1, 0.15) is 5.56 Å². The molecule has 0 aliphatic rings. The fourth-order valence-electron chi connectivity index (χ4n) is 2.50. The number of para-hydroxylation sites is 1. The van der Waals surface area contributed by atoms with Crippen LogP contribution in [-0.2, 0) is 0 Å². The Balaban J connectivity index is 1.92.